The number of hydrogen-bond donors (Lipinski definition) is 1. The minimum absolute atomic E-state index is 0.0625. The highest BCUT2D eigenvalue weighted by Gasteiger charge is 2.26. The molecule has 7 nitrogen and oxygen atoms in total. The van der Waals surface area contributed by atoms with Gasteiger partial charge < -0.3 is 24.2 Å². The van der Waals surface area contributed by atoms with Crippen LogP contribution in [0.4, 0.5) is 18.0 Å². The molecule has 0 saturated heterocycles. The zero-order valence-corrected chi connectivity index (χ0v) is 23.4. The molecular formula is C30H40F3NO6. The van der Waals surface area contributed by atoms with Crippen molar-refractivity contribution in [1.82, 2.24) is 4.90 Å². The Bertz CT molecular complexity index is 1030. The number of alkyl halides is 3. The molecule has 1 unspecified atom stereocenters. The number of hydrogen-bond acceptors (Lipinski definition) is 5. The van der Waals surface area contributed by atoms with Crippen molar-refractivity contribution in [3.8, 4) is 11.5 Å². The predicted octanol–water partition coefficient (Wildman–Crippen LogP) is 7.23. The van der Waals surface area contributed by atoms with E-state index in [2.05, 4.69) is 13.8 Å². The summed E-state index contributed by atoms with van der Waals surface area (Å²) in [6, 6.07) is 14.2. The molecule has 2 aromatic rings. The number of carboxylic acid groups (broad SMARTS) is 1. The summed E-state index contributed by atoms with van der Waals surface area (Å²) >= 11 is 0. The third-order valence-corrected chi connectivity index (χ3v) is 6.27. The van der Waals surface area contributed by atoms with Crippen molar-refractivity contribution in [2.24, 2.45) is 0 Å². The van der Waals surface area contributed by atoms with Gasteiger partial charge >= 0.3 is 18.2 Å². The first-order valence-corrected chi connectivity index (χ1v) is 13.7. The lowest BCUT2D eigenvalue weighted by atomic mass is 10.0. The number of rotatable bonds is 17. The number of carboxylic acids is 1. The SMILES string of the molecule is CCOC(Cc1ccc(OCCN(CCCCCCC(F)(F)F)C(=O)Oc2ccc(C(C)C)cc2)cc1)C(=O)O. The topological polar surface area (TPSA) is 85.3 Å². The molecule has 0 aromatic heterocycles. The van der Waals surface area contributed by atoms with Crippen LogP contribution in [-0.2, 0) is 16.0 Å². The van der Waals surface area contributed by atoms with Crippen molar-refractivity contribution in [2.75, 3.05) is 26.3 Å². The molecule has 0 radical (unpaired) electrons. The summed E-state index contributed by atoms with van der Waals surface area (Å²) in [5.41, 5.74) is 1.90. The molecule has 1 N–H and O–H groups in total. The molecular weight excluding hydrogens is 527 g/mol. The summed E-state index contributed by atoms with van der Waals surface area (Å²) in [6.45, 7) is 6.89. The lowest BCUT2D eigenvalue weighted by Gasteiger charge is -2.22. The van der Waals surface area contributed by atoms with Gasteiger partial charge in [-0.15, -0.1) is 0 Å². The smallest absolute Gasteiger partial charge is 0.415 e. The first-order valence-electron chi connectivity index (χ1n) is 13.7. The van der Waals surface area contributed by atoms with Gasteiger partial charge in [0.25, 0.3) is 0 Å². The van der Waals surface area contributed by atoms with Crippen LogP contribution in [0.15, 0.2) is 48.5 Å². The molecule has 0 bridgehead atoms. The Labute approximate surface area is 234 Å². The molecule has 0 heterocycles. The molecule has 2 rings (SSSR count). The van der Waals surface area contributed by atoms with Crippen LogP contribution in [0.25, 0.3) is 0 Å². The highest BCUT2D eigenvalue weighted by atomic mass is 19.4. The van der Waals surface area contributed by atoms with Crippen molar-refractivity contribution < 1.29 is 42.1 Å². The van der Waals surface area contributed by atoms with Crippen molar-refractivity contribution in [1.29, 1.82) is 0 Å². The number of ether oxygens (including phenoxy) is 3. The second-order valence-corrected chi connectivity index (χ2v) is 9.84. The third-order valence-electron chi connectivity index (χ3n) is 6.27. The summed E-state index contributed by atoms with van der Waals surface area (Å²) in [5.74, 6) is 0.281. The fourth-order valence-electron chi connectivity index (χ4n) is 3.99. The zero-order chi connectivity index (χ0) is 29.5. The molecule has 222 valence electrons. The lowest BCUT2D eigenvalue weighted by Crippen LogP contribution is -2.37. The fraction of sp³-hybridized carbons (Fsp3) is 0.533. The summed E-state index contributed by atoms with van der Waals surface area (Å²) in [4.78, 5) is 25.7. The maximum atomic E-state index is 12.9. The lowest BCUT2D eigenvalue weighted by molar-refractivity contribution is -0.150. The zero-order valence-electron chi connectivity index (χ0n) is 23.4. The fourth-order valence-corrected chi connectivity index (χ4v) is 3.99. The number of halogens is 3. The van der Waals surface area contributed by atoms with Crippen molar-refractivity contribution in [3.05, 3.63) is 59.7 Å². The molecule has 0 fully saturated rings. The van der Waals surface area contributed by atoms with E-state index >= 15 is 0 Å². The first kappa shape index (κ1) is 32.9. The van der Waals surface area contributed by atoms with Gasteiger partial charge in [0.15, 0.2) is 6.10 Å². The normalized spacial score (nSPS) is 12.3. The minimum Gasteiger partial charge on any atom is -0.492 e. The van der Waals surface area contributed by atoms with E-state index in [-0.39, 0.29) is 26.0 Å². The second kappa shape index (κ2) is 16.7. The van der Waals surface area contributed by atoms with E-state index in [0.717, 1.165) is 11.1 Å². The van der Waals surface area contributed by atoms with Crippen molar-refractivity contribution in [3.63, 3.8) is 0 Å². The van der Waals surface area contributed by atoms with Crippen LogP contribution in [0.5, 0.6) is 11.5 Å². The molecule has 0 aliphatic heterocycles. The van der Waals surface area contributed by atoms with Gasteiger partial charge in [-0.3, -0.25) is 0 Å². The molecule has 0 aliphatic rings. The third kappa shape index (κ3) is 12.7. The van der Waals surface area contributed by atoms with Crippen LogP contribution < -0.4 is 9.47 Å². The van der Waals surface area contributed by atoms with Crippen LogP contribution in [0.2, 0.25) is 0 Å². The second-order valence-electron chi connectivity index (χ2n) is 9.84. The summed E-state index contributed by atoms with van der Waals surface area (Å²) < 4.78 is 53.7. The van der Waals surface area contributed by atoms with Crippen LogP contribution in [0.3, 0.4) is 0 Å². The number of carbonyl (C=O) groups excluding carboxylic acids is 1. The summed E-state index contributed by atoms with van der Waals surface area (Å²) in [5, 5.41) is 9.26. The van der Waals surface area contributed by atoms with Crippen molar-refractivity contribution in [2.45, 2.75) is 77.5 Å². The average molecular weight is 568 g/mol. The molecule has 40 heavy (non-hydrogen) atoms. The Balaban J connectivity index is 1.92. The highest BCUT2D eigenvalue weighted by molar-refractivity contribution is 5.72. The molecule has 10 heteroatoms. The van der Waals surface area contributed by atoms with E-state index in [1.165, 1.54) is 4.90 Å². The van der Waals surface area contributed by atoms with E-state index in [1.54, 1.807) is 43.3 Å². The van der Waals surface area contributed by atoms with Gasteiger partial charge in [-0.25, -0.2) is 9.59 Å². The quantitative estimate of drug-likeness (QED) is 0.203. The Morgan fingerprint density at radius 1 is 0.900 bits per heavy atom. The van der Waals surface area contributed by atoms with Crippen LogP contribution >= 0.6 is 0 Å². The van der Waals surface area contributed by atoms with Crippen molar-refractivity contribution >= 4 is 12.1 Å². The summed E-state index contributed by atoms with van der Waals surface area (Å²) in [6.07, 6.45) is -4.62. The van der Waals surface area contributed by atoms with E-state index in [9.17, 15) is 27.9 Å². The maximum Gasteiger partial charge on any atom is 0.415 e. The number of unbranched alkanes of at least 4 members (excludes halogenated alkanes) is 3. The largest absolute Gasteiger partial charge is 0.492 e. The van der Waals surface area contributed by atoms with Gasteiger partial charge in [0.05, 0.1) is 6.54 Å². The number of benzene rings is 2. The van der Waals surface area contributed by atoms with Gasteiger partial charge in [0.1, 0.15) is 18.1 Å². The Kier molecular flexibility index (Phi) is 13.8. The monoisotopic (exact) mass is 567 g/mol. The first-order chi connectivity index (χ1) is 19.0. The number of nitrogens with zero attached hydrogens (tertiary/aromatic N) is 1. The van der Waals surface area contributed by atoms with Gasteiger partial charge in [0, 0.05) is 26.0 Å². The minimum atomic E-state index is -4.16. The Morgan fingerprint density at radius 3 is 2.10 bits per heavy atom. The number of carbonyl (C=O) groups is 2. The van der Waals surface area contributed by atoms with E-state index < -0.39 is 30.8 Å². The highest BCUT2D eigenvalue weighted by Crippen LogP contribution is 2.23. The van der Waals surface area contributed by atoms with E-state index in [4.69, 9.17) is 14.2 Å². The predicted molar refractivity (Wildman–Crippen MR) is 146 cm³/mol. The van der Waals surface area contributed by atoms with E-state index in [1.807, 2.05) is 12.1 Å². The van der Waals surface area contributed by atoms with Gasteiger partial charge in [0.2, 0.25) is 0 Å². The number of aliphatic carboxylic acids is 1. The molecule has 2 aromatic carbocycles. The average Bonchev–Trinajstić information content (AvgIpc) is 2.89. The van der Waals surface area contributed by atoms with Gasteiger partial charge in [-0.05, 0) is 61.1 Å². The van der Waals surface area contributed by atoms with Crippen LogP contribution in [0, 0.1) is 0 Å². The summed E-state index contributed by atoms with van der Waals surface area (Å²) in [7, 11) is 0. The van der Waals surface area contributed by atoms with E-state index in [0.29, 0.717) is 49.8 Å². The van der Waals surface area contributed by atoms with Crippen LogP contribution in [-0.4, -0.2) is 60.7 Å². The molecule has 0 saturated carbocycles. The molecule has 1 atom stereocenters. The molecule has 1 amide bonds. The van der Waals surface area contributed by atoms with Crippen LogP contribution in [0.1, 0.15) is 69.9 Å². The number of amides is 1. The van der Waals surface area contributed by atoms with Gasteiger partial charge in [-0.1, -0.05) is 51.0 Å². The molecule has 0 aliphatic carbocycles. The molecule has 0 spiro atoms. The Morgan fingerprint density at radius 2 is 1.52 bits per heavy atom. The standard InChI is InChI=1S/C30H40F3NO6/c1-4-38-27(28(35)36)21-23-9-13-25(14-10-23)39-20-19-34(18-8-6-5-7-17-30(31,32)33)29(37)40-26-15-11-24(12-16-26)22(2)3/h9-16,22,27H,4-8,17-21H2,1-3H3,(H,35,36). The Hall–Kier alpha value is -3.27. The maximum absolute atomic E-state index is 12.9. The van der Waals surface area contributed by atoms with Gasteiger partial charge in [-0.2, -0.15) is 13.2 Å².